The second-order valence-corrected chi connectivity index (χ2v) is 4.92. The number of likely N-dealkylation sites (tertiary alicyclic amines) is 1. The van der Waals surface area contributed by atoms with E-state index < -0.39 is 0 Å². The van der Waals surface area contributed by atoms with E-state index in [0.29, 0.717) is 0 Å². The van der Waals surface area contributed by atoms with E-state index in [1.54, 1.807) is 0 Å². The molecule has 0 radical (unpaired) electrons. The molecule has 0 bridgehead atoms. The molecule has 2 nitrogen and oxygen atoms in total. The Morgan fingerprint density at radius 3 is 2.53 bits per heavy atom. The maximum atomic E-state index is 3.51. The topological polar surface area (TPSA) is 15.3 Å². The van der Waals surface area contributed by atoms with E-state index >= 15 is 0 Å². The first-order chi connectivity index (χ1) is 8.45. The third-order valence-electron chi connectivity index (χ3n) is 3.45. The van der Waals surface area contributed by atoms with Gasteiger partial charge in [-0.05, 0) is 51.0 Å². The van der Waals surface area contributed by atoms with Crippen molar-refractivity contribution in [1.29, 1.82) is 0 Å². The zero-order chi connectivity index (χ0) is 11.8. The highest BCUT2D eigenvalue weighted by molar-refractivity contribution is 5.14. The number of nitrogens with one attached hydrogen (secondary N) is 1. The second-order valence-electron chi connectivity index (χ2n) is 4.92. The molecule has 0 atom stereocenters. The summed E-state index contributed by atoms with van der Waals surface area (Å²) in [7, 11) is 0. The quantitative estimate of drug-likeness (QED) is 0.759. The molecule has 1 saturated heterocycles. The highest BCUT2D eigenvalue weighted by atomic mass is 15.1. The number of hydrogen-bond acceptors (Lipinski definition) is 2. The monoisotopic (exact) mass is 232 g/mol. The molecule has 1 N–H and O–H groups in total. The first-order valence-electron chi connectivity index (χ1n) is 6.92. The lowest BCUT2D eigenvalue weighted by Gasteiger charge is -2.26. The summed E-state index contributed by atoms with van der Waals surface area (Å²) < 4.78 is 0. The third-order valence-corrected chi connectivity index (χ3v) is 3.45. The number of benzene rings is 1. The van der Waals surface area contributed by atoms with Crippen LogP contribution in [0.15, 0.2) is 30.3 Å². The van der Waals surface area contributed by atoms with Crippen LogP contribution in [0.1, 0.15) is 31.2 Å². The fraction of sp³-hybridized carbons (Fsp3) is 0.600. The fourth-order valence-electron chi connectivity index (χ4n) is 2.44. The molecule has 0 saturated carbocycles. The molecule has 1 heterocycles. The van der Waals surface area contributed by atoms with E-state index in [0.717, 1.165) is 13.1 Å². The van der Waals surface area contributed by atoms with E-state index in [-0.39, 0.29) is 0 Å². The van der Waals surface area contributed by atoms with Crippen molar-refractivity contribution in [3.8, 4) is 0 Å². The van der Waals surface area contributed by atoms with Crippen LogP contribution in [0.25, 0.3) is 0 Å². The highest BCUT2D eigenvalue weighted by Crippen LogP contribution is 2.08. The van der Waals surface area contributed by atoms with Crippen LogP contribution >= 0.6 is 0 Å². The molecule has 2 rings (SSSR count). The van der Waals surface area contributed by atoms with Gasteiger partial charge in [0, 0.05) is 6.54 Å². The lowest BCUT2D eigenvalue weighted by molar-refractivity contribution is 0.225. The van der Waals surface area contributed by atoms with Crippen molar-refractivity contribution in [1.82, 2.24) is 10.2 Å². The average molecular weight is 232 g/mol. The summed E-state index contributed by atoms with van der Waals surface area (Å²) in [5, 5.41) is 3.51. The lowest BCUT2D eigenvalue weighted by atomic mass is 10.1. The first-order valence-corrected chi connectivity index (χ1v) is 6.92. The Bertz CT molecular complexity index is 291. The Hall–Kier alpha value is -0.860. The Balaban J connectivity index is 1.51. The van der Waals surface area contributed by atoms with Crippen molar-refractivity contribution >= 4 is 0 Å². The molecule has 0 aliphatic carbocycles. The van der Waals surface area contributed by atoms with Gasteiger partial charge >= 0.3 is 0 Å². The average Bonchev–Trinajstić information content (AvgIpc) is 2.41. The van der Waals surface area contributed by atoms with Crippen LogP contribution < -0.4 is 5.32 Å². The van der Waals surface area contributed by atoms with Crippen molar-refractivity contribution in [2.75, 3.05) is 26.2 Å². The Kier molecular flexibility index (Phi) is 5.53. The summed E-state index contributed by atoms with van der Waals surface area (Å²) in [6.07, 6.45) is 5.50. The molecule has 1 aromatic rings. The molecule has 0 spiro atoms. The fourth-order valence-corrected chi connectivity index (χ4v) is 2.44. The standard InChI is InChI=1S/C15H24N2/c1-3-8-15(9-4-1)14-16-10-7-13-17-11-5-2-6-12-17/h1,3-4,8-9,16H,2,5-7,10-14H2. The third kappa shape index (κ3) is 4.88. The normalized spacial score (nSPS) is 17.2. The minimum absolute atomic E-state index is 1.00. The molecule has 17 heavy (non-hydrogen) atoms. The van der Waals surface area contributed by atoms with Gasteiger partial charge in [0.25, 0.3) is 0 Å². The van der Waals surface area contributed by atoms with Crippen molar-refractivity contribution < 1.29 is 0 Å². The minimum atomic E-state index is 1.00. The molecule has 1 aliphatic heterocycles. The van der Waals surface area contributed by atoms with Gasteiger partial charge in [-0.15, -0.1) is 0 Å². The van der Waals surface area contributed by atoms with Gasteiger partial charge in [0.2, 0.25) is 0 Å². The van der Waals surface area contributed by atoms with E-state index in [9.17, 15) is 0 Å². The van der Waals surface area contributed by atoms with Gasteiger partial charge in [0.05, 0.1) is 0 Å². The van der Waals surface area contributed by atoms with Crippen LogP contribution in [0.5, 0.6) is 0 Å². The number of hydrogen-bond donors (Lipinski definition) is 1. The van der Waals surface area contributed by atoms with E-state index in [1.165, 1.54) is 50.9 Å². The second kappa shape index (κ2) is 7.46. The molecule has 1 aromatic carbocycles. The Labute approximate surface area is 105 Å². The molecular weight excluding hydrogens is 208 g/mol. The molecule has 1 aliphatic rings. The summed E-state index contributed by atoms with van der Waals surface area (Å²) in [4.78, 5) is 2.60. The van der Waals surface area contributed by atoms with Crippen molar-refractivity contribution in [2.24, 2.45) is 0 Å². The maximum absolute atomic E-state index is 3.51. The van der Waals surface area contributed by atoms with E-state index in [2.05, 4.69) is 40.5 Å². The molecule has 0 aromatic heterocycles. The zero-order valence-electron chi connectivity index (χ0n) is 10.7. The number of piperidine rings is 1. The van der Waals surface area contributed by atoms with E-state index in [1.807, 2.05) is 0 Å². The van der Waals surface area contributed by atoms with Gasteiger partial charge in [-0.25, -0.2) is 0 Å². The van der Waals surface area contributed by atoms with Crippen molar-refractivity contribution in [3.05, 3.63) is 35.9 Å². The van der Waals surface area contributed by atoms with Crippen molar-refractivity contribution in [3.63, 3.8) is 0 Å². The predicted octanol–water partition coefficient (Wildman–Crippen LogP) is 2.65. The first kappa shape index (κ1) is 12.6. The zero-order valence-corrected chi connectivity index (χ0v) is 10.7. The summed E-state index contributed by atoms with van der Waals surface area (Å²) in [6.45, 7) is 6.03. The molecule has 0 amide bonds. The van der Waals surface area contributed by atoms with Crippen molar-refractivity contribution in [2.45, 2.75) is 32.2 Å². The van der Waals surface area contributed by atoms with Gasteiger partial charge < -0.3 is 10.2 Å². The van der Waals surface area contributed by atoms with Crippen LogP contribution in [0.4, 0.5) is 0 Å². The number of nitrogens with zero attached hydrogens (tertiary/aromatic N) is 1. The highest BCUT2D eigenvalue weighted by Gasteiger charge is 2.08. The summed E-state index contributed by atoms with van der Waals surface area (Å²) >= 11 is 0. The molecule has 0 unspecified atom stereocenters. The van der Waals surface area contributed by atoms with Gasteiger partial charge in [-0.1, -0.05) is 36.8 Å². The molecule has 94 valence electrons. The predicted molar refractivity (Wildman–Crippen MR) is 73.1 cm³/mol. The van der Waals surface area contributed by atoms with Gasteiger partial charge in [-0.2, -0.15) is 0 Å². The van der Waals surface area contributed by atoms with Crippen LogP contribution in [-0.2, 0) is 6.54 Å². The van der Waals surface area contributed by atoms with Crippen LogP contribution in [0.2, 0.25) is 0 Å². The SMILES string of the molecule is c1ccc(CNCCCN2CCCCC2)cc1. The smallest absolute Gasteiger partial charge is 0.0205 e. The van der Waals surface area contributed by atoms with Gasteiger partial charge in [-0.3, -0.25) is 0 Å². The lowest BCUT2D eigenvalue weighted by Crippen LogP contribution is -2.32. The van der Waals surface area contributed by atoms with E-state index in [4.69, 9.17) is 0 Å². The molecular formula is C15H24N2. The van der Waals surface area contributed by atoms with Gasteiger partial charge in [0.15, 0.2) is 0 Å². The minimum Gasteiger partial charge on any atom is -0.313 e. The maximum Gasteiger partial charge on any atom is 0.0205 e. The van der Waals surface area contributed by atoms with Gasteiger partial charge in [0.1, 0.15) is 0 Å². The summed E-state index contributed by atoms with van der Waals surface area (Å²) in [5.41, 5.74) is 1.38. The molecule has 2 heteroatoms. The van der Waals surface area contributed by atoms with Crippen LogP contribution in [0, 0.1) is 0 Å². The van der Waals surface area contributed by atoms with Crippen LogP contribution in [-0.4, -0.2) is 31.1 Å². The summed E-state index contributed by atoms with van der Waals surface area (Å²) in [6, 6.07) is 10.6. The summed E-state index contributed by atoms with van der Waals surface area (Å²) in [5.74, 6) is 0. The van der Waals surface area contributed by atoms with Crippen LogP contribution in [0.3, 0.4) is 0 Å². The Morgan fingerprint density at radius 2 is 1.76 bits per heavy atom. The molecule has 1 fully saturated rings. The largest absolute Gasteiger partial charge is 0.313 e. The number of rotatable bonds is 6. The Morgan fingerprint density at radius 1 is 1.00 bits per heavy atom.